The number of carbonyl (C=O) groups is 1. The number of aromatic nitrogens is 2. The summed E-state index contributed by atoms with van der Waals surface area (Å²) in [6, 6.07) is 1.70. The molecule has 0 saturated heterocycles. The van der Waals surface area contributed by atoms with Crippen molar-refractivity contribution in [2.45, 2.75) is 27.2 Å². The first-order chi connectivity index (χ1) is 8.43. The van der Waals surface area contributed by atoms with Gasteiger partial charge in [-0.25, -0.2) is 9.97 Å². The lowest BCUT2D eigenvalue weighted by atomic mass is 9.90. The molecule has 0 spiro atoms. The molecule has 0 bridgehead atoms. The van der Waals surface area contributed by atoms with Crippen LogP contribution in [0.15, 0.2) is 12.4 Å². The van der Waals surface area contributed by atoms with Gasteiger partial charge in [-0.3, -0.25) is 4.79 Å². The van der Waals surface area contributed by atoms with E-state index in [1.165, 1.54) is 6.33 Å². The fourth-order valence-corrected chi connectivity index (χ4v) is 1.17. The quantitative estimate of drug-likeness (QED) is 0.686. The molecule has 1 rings (SSSR count). The first-order valence-electron chi connectivity index (χ1n) is 5.94. The highest BCUT2D eigenvalue weighted by Gasteiger charge is 2.14. The van der Waals surface area contributed by atoms with E-state index in [2.05, 4.69) is 41.4 Å². The van der Waals surface area contributed by atoms with Gasteiger partial charge < -0.3 is 15.7 Å². The van der Waals surface area contributed by atoms with Gasteiger partial charge in [-0.05, 0) is 11.8 Å². The van der Waals surface area contributed by atoms with Crippen molar-refractivity contribution in [1.29, 1.82) is 0 Å². The van der Waals surface area contributed by atoms with Gasteiger partial charge in [-0.2, -0.15) is 0 Å². The summed E-state index contributed by atoms with van der Waals surface area (Å²) in [5, 5.41) is 14.5. The lowest BCUT2D eigenvalue weighted by Gasteiger charge is -2.23. The molecule has 0 fully saturated rings. The van der Waals surface area contributed by atoms with Crippen LogP contribution in [0.4, 0.5) is 11.6 Å². The van der Waals surface area contributed by atoms with Gasteiger partial charge in [-0.15, -0.1) is 0 Å². The number of aliphatic carboxylic acids is 1. The molecule has 6 nitrogen and oxygen atoms in total. The Bertz CT molecular complexity index is 407. The first kappa shape index (κ1) is 14.2. The van der Waals surface area contributed by atoms with Gasteiger partial charge in [0.15, 0.2) is 0 Å². The van der Waals surface area contributed by atoms with Crippen molar-refractivity contribution in [3.63, 3.8) is 0 Å². The van der Waals surface area contributed by atoms with Crippen LogP contribution in [0.5, 0.6) is 0 Å². The fourth-order valence-electron chi connectivity index (χ4n) is 1.17. The maximum absolute atomic E-state index is 10.4. The summed E-state index contributed by atoms with van der Waals surface area (Å²) in [5.74, 6) is 0.277. The van der Waals surface area contributed by atoms with E-state index in [-0.39, 0.29) is 12.0 Å². The van der Waals surface area contributed by atoms with Gasteiger partial charge in [0.05, 0.1) is 0 Å². The van der Waals surface area contributed by atoms with Crippen molar-refractivity contribution >= 4 is 17.6 Å². The Kier molecular flexibility index (Phi) is 4.88. The van der Waals surface area contributed by atoms with Crippen LogP contribution in [0.1, 0.15) is 27.2 Å². The van der Waals surface area contributed by atoms with Gasteiger partial charge in [0.2, 0.25) is 0 Å². The summed E-state index contributed by atoms with van der Waals surface area (Å²) in [7, 11) is 0. The minimum atomic E-state index is -0.921. The van der Waals surface area contributed by atoms with Crippen molar-refractivity contribution in [2.75, 3.05) is 23.7 Å². The van der Waals surface area contributed by atoms with Gasteiger partial charge in [0.25, 0.3) is 0 Å². The molecule has 0 saturated carbocycles. The number of anilines is 2. The van der Waals surface area contributed by atoms with Crippen molar-refractivity contribution in [1.82, 2.24) is 9.97 Å². The predicted molar refractivity (Wildman–Crippen MR) is 70.7 cm³/mol. The van der Waals surface area contributed by atoms with Crippen LogP contribution in [0.25, 0.3) is 0 Å². The van der Waals surface area contributed by atoms with Crippen LogP contribution in [0, 0.1) is 5.41 Å². The second-order valence-corrected chi connectivity index (χ2v) is 4.91. The number of carboxylic acids is 1. The number of hydrogen-bond acceptors (Lipinski definition) is 5. The fraction of sp³-hybridized carbons (Fsp3) is 0.583. The summed E-state index contributed by atoms with van der Waals surface area (Å²) in [6.45, 7) is 7.13. The van der Waals surface area contributed by atoms with Crippen LogP contribution in [-0.2, 0) is 4.79 Å². The predicted octanol–water partition coefficient (Wildman–Crippen LogP) is 1.82. The van der Waals surface area contributed by atoms with Gasteiger partial charge in [-0.1, -0.05) is 20.8 Å². The van der Waals surface area contributed by atoms with Gasteiger partial charge in [0.1, 0.15) is 24.5 Å². The number of nitrogens with one attached hydrogen (secondary N) is 2. The van der Waals surface area contributed by atoms with Gasteiger partial charge in [0, 0.05) is 12.6 Å². The molecule has 100 valence electrons. The molecule has 0 aliphatic heterocycles. The van der Waals surface area contributed by atoms with Crippen LogP contribution in [0.3, 0.4) is 0 Å². The number of nitrogens with zero attached hydrogens (tertiary/aromatic N) is 2. The highest BCUT2D eigenvalue weighted by atomic mass is 16.4. The molecular formula is C12H20N4O2. The Morgan fingerprint density at radius 2 is 1.94 bits per heavy atom. The molecular weight excluding hydrogens is 232 g/mol. The summed E-state index contributed by atoms with van der Waals surface area (Å²) in [5.41, 5.74) is 0.194. The molecule has 1 aromatic rings. The summed E-state index contributed by atoms with van der Waals surface area (Å²) < 4.78 is 0. The molecule has 0 atom stereocenters. The molecule has 0 unspecified atom stereocenters. The number of carboxylic acid groups (broad SMARTS) is 1. The Hall–Kier alpha value is -1.85. The van der Waals surface area contributed by atoms with Crippen LogP contribution < -0.4 is 10.6 Å². The minimum Gasteiger partial charge on any atom is -0.480 e. The largest absolute Gasteiger partial charge is 0.480 e. The van der Waals surface area contributed by atoms with E-state index < -0.39 is 5.97 Å². The van der Waals surface area contributed by atoms with E-state index >= 15 is 0 Å². The molecule has 0 aromatic carbocycles. The first-order valence-corrected chi connectivity index (χ1v) is 5.94. The maximum atomic E-state index is 10.4. The van der Waals surface area contributed by atoms with E-state index in [0.717, 1.165) is 13.0 Å². The molecule has 18 heavy (non-hydrogen) atoms. The number of hydrogen-bond donors (Lipinski definition) is 3. The molecule has 6 heteroatoms. The standard InChI is InChI=1S/C12H20N4O2/c1-4-12(2,3)7-14-10-5-9(15-8-16-10)13-6-11(17)18/h5,8H,4,6-7H2,1-3H3,(H,17,18)(H2,13,14,15,16). The summed E-state index contributed by atoms with van der Waals surface area (Å²) >= 11 is 0. The van der Waals surface area contributed by atoms with Crippen molar-refractivity contribution < 1.29 is 9.90 Å². The molecule has 0 aliphatic rings. The minimum absolute atomic E-state index is 0.156. The van der Waals surface area contributed by atoms with Crippen LogP contribution in [-0.4, -0.2) is 34.1 Å². The lowest BCUT2D eigenvalue weighted by molar-refractivity contribution is -0.134. The zero-order valence-corrected chi connectivity index (χ0v) is 11.0. The summed E-state index contributed by atoms with van der Waals surface area (Å²) in [6.07, 6.45) is 2.47. The van der Waals surface area contributed by atoms with E-state index in [1.807, 2.05) is 0 Å². The molecule has 0 radical (unpaired) electrons. The second kappa shape index (κ2) is 6.18. The van der Waals surface area contributed by atoms with E-state index in [1.54, 1.807) is 6.07 Å². The molecule has 3 N–H and O–H groups in total. The molecule has 0 amide bonds. The smallest absolute Gasteiger partial charge is 0.322 e. The van der Waals surface area contributed by atoms with E-state index in [4.69, 9.17) is 5.11 Å². The SMILES string of the molecule is CCC(C)(C)CNc1cc(NCC(=O)O)ncn1. The second-order valence-electron chi connectivity index (χ2n) is 4.91. The topological polar surface area (TPSA) is 87.1 Å². The monoisotopic (exact) mass is 252 g/mol. The molecule has 0 aliphatic carbocycles. The normalized spacial score (nSPS) is 11.1. The summed E-state index contributed by atoms with van der Waals surface area (Å²) in [4.78, 5) is 18.5. The highest BCUT2D eigenvalue weighted by Crippen LogP contribution is 2.20. The Morgan fingerprint density at radius 3 is 2.50 bits per heavy atom. The average molecular weight is 252 g/mol. The van der Waals surface area contributed by atoms with Gasteiger partial charge >= 0.3 is 5.97 Å². The Morgan fingerprint density at radius 1 is 1.33 bits per heavy atom. The van der Waals surface area contributed by atoms with Crippen LogP contribution in [0.2, 0.25) is 0 Å². The molecule has 1 aromatic heterocycles. The number of rotatable bonds is 7. The van der Waals surface area contributed by atoms with E-state index in [0.29, 0.717) is 11.6 Å². The van der Waals surface area contributed by atoms with E-state index in [9.17, 15) is 4.79 Å². The maximum Gasteiger partial charge on any atom is 0.322 e. The van der Waals surface area contributed by atoms with Crippen molar-refractivity contribution in [2.24, 2.45) is 5.41 Å². The Balaban J connectivity index is 2.56. The lowest BCUT2D eigenvalue weighted by Crippen LogP contribution is -2.22. The Labute approximate surface area is 107 Å². The zero-order valence-electron chi connectivity index (χ0n) is 11.0. The van der Waals surface area contributed by atoms with Crippen molar-refractivity contribution in [3.05, 3.63) is 12.4 Å². The molecule has 1 heterocycles. The zero-order chi connectivity index (χ0) is 13.6. The van der Waals surface area contributed by atoms with Crippen LogP contribution >= 0.6 is 0 Å². The third-order valence-electron chi connectivity index (χ3n) is 2.79. The third-order valence-corrected chi connectivity index (χ3v) is 2.79. The highest BCUT2D eigenvalue weighted by molar-refractivity contribution is 5.72. The third kappa shape index (κ3) is 4.99. The van der Waals surface area contributed by atoms with Crippen molar-refractivity contribution in [3.8, 4) is 0 Å². The average Bonchev–Trinajstić information content (AvgIpc) is 2.35.